The molecule has 27 heavy (non-hydrogen) atoms. The highest BCUT2D eigenvalue weighted by molar-refractivity contribution is 5.93. The number of carbonyl (C=O) groups is 1. The van der Waals surface area contributed by atoms with E-state index in [1.54, 1.807) is 31.2 Å². The summed E-state index contributed by atoms with van der Waals surface area (Å²) in [5.74, 6) is 0.852. The van der Waals surface area contributed by atoms with Crippen LogP contribution in [0.5, 0.6) is 11.5 Å². The van der Waals surface area contributed by atoms with Gasteiger partial charge in [0.25, 0.3) is 5.56 Å². The van der Waals surface area contributed by atoms with E-state index in [9.17, 15) is 9.59 Å². The molecule has 0 radical (unpaired) electrons. The van der Waals surface area contributed by atoms with Gasteiger partial charge in [-0.25, -0.2) is 4.68 Å². The highest BCUT2D eigenvalue weighted by Gasteiger charge is 2.20. The summed E-state index contributed by atoms with van der Waals surface area (Å²) >= 11 is 0. The fourth-order valence-electron chi connectivity index (χ4n) is 2.80. The number of aromatic nitrogens is 2. The molecule has 0 aliphatic carbocycles. The van der Waals surface area contributed by atoms with Gasteiger partial charge >= 0.3 is 0 Å². The molecule has 7 nitrogen and oxygen atoms in total. The van der Waals surface area contributed by atoms with Crippen molar-refractivity contribution in [1.29, 1.82) is 0 Å². The maximum absolute atomic E-state index is 12.6. The van der Waals surface area contributed by atoms with Crippen LogP contribution in [0.15, 0.2) is 65.5 Å². The average Bonchev–Trinajstić information content (AvgIpc) is 3.16. The van der Waals surface area contributed by atoms with Crippen molar-refractivity contribution in [1.82, 2.24) is 9.78 Å². The smallest absolute Gasteiger partial charge is 0.267 e. The first-order valence-corrected chi connectivity index (χ1v) is 8.47. The quantitative estimate of drug-likeness (QED) is 0.771. The standard InChI is InChI=1S/C20H17N3O4/c1-13(20(25)21-15-7-9-17-18(11-15)27-12-26-17)23-19(24)10-8-16(22-23)14-5-3-2-4-6-14/h2-11,13H,12H2,1H3,(H,21,25). The molecular formula is C20H17N3O4. The molecule has 0 spiro atoms. The Balaban J connectivity index is 1.57. The second-order valence-electron chi connectivity index (χ2n) is 6.10. The first kappa shape index (κ1) is 16.8. The molecular weight excluding hydrogens is 346 g/mol. The molecule has 1 N–H and O–H groups in total. The van der Waals surface area contributed by atoms with Gasteiger partial charge in [-0.15, -0.1) is 0 Å². The first-order chi connectivity index (χ1) is 13.1. The molecule has 1 aliphatic rings. The van der Waals surface area contributed by atoms with Crippen molar-refractivity contribution < 1.29 is 14.3 Å². The van der Waals surface area contributed by atoms with Gasteiger partial charge in [-0.3, -0.25) is 9.59 Å². The van der Waals surface area contributed by atoms with Crippen LogP contribution in [0.2, 0.25) is 0 Å². The first-order valence-electron chi connectivity index (χ1n) is 8.47. The number of nitrogens with zero attached hydrogens (tertiary/aromatic N) is 2. The molecule has 1 aliphatic heterocycles. The van der Waals surface area contributed by atoms with E-state index in [0.29, 0.717) is 22.9 Å². The minimum absolute atomic E-state index is 0.161. The number of benzene rings is 2. The highest BCUT2D eigenvalue weighted by atomic mass is 16.7. The maximum Gasteiger partial charge on any atom is 0.267 e. The van der Waals surface area contributed by atoms with E-state index in [4.69, 9.17) is 9.47 Å². The minimum atomic E-state index is -0.786. The van der Waals surface area contributed by atoms with Crippen molar-refractivity contribution in [3.05, 3.63) is 71.0 Å². The summed E-state index contributed by atoms with van der Waals surface area (Å²) in [5.41, 5.74) is 1.71. The molecule has 4 rings (SSSR count). The van der Waals surface area contributed by atoms with E-state index < -0.39 is 6.04 Å². The van der Waals surface area contributed by atoms with Crippen LogP contribution >= 0.6 is 0 Å². The Morgan fingerprint density at radius 1 is 1.07 bits per heavy atom. The Morgan fingerprint density at radius 3 is 2.67 bits per heavy atom. The second kappa shape index (κ2) is 6.95. The van der Waals surface area contributed by atoms with Gasteiger partial charge in [-0.1, -0.05) is 30.3 Å². The van der Waals surface area contributed by atoms with E-state index in [1.807, 2.05) is 30.3 Å². The monoisotopic (exact) mass is 363 g/mol. The van der Waals surface area contributed by atoms with Gasteiger partial charge in [-0.2, -0.15) is 5.10 Å². The summed E-state index contributed by atoms with van der Waals surface area (Å²) in [4.78, 5) is 24.9. The lowest BCUT2D eigenvalue weighted by molar-refractivity contribution is -0.119. The van der Waals surface area contributed by atoms with Crippen LogP contribution < -0.4 is 20.3 Å². The summed E-state index contributed by atoms with van der Waals surface area (Å²) in [6, 6.07) is 16.9. The van der Waals surface area contributed by atoms with E-state index >= 15 is 0 Å². The van der Waals surface area contributed by atoms with Gasteiger partial charge in [0.05, 0.1) is 5.69 Å². The van der Waals surface area contributed by atoms with E-state index in [0.717, 1.165) is 5.56 Å². The van der Waals surface area contributed by atoms with E-state index in [-0.39, 0.29) is 18.3 Å². The SMILES string of the molecule is CC(C(=O)Nc1ccc2c(c1)OCO2)n1nc(-c2ccccc2)ccc1=O. The molecule has 1 atom stereocenters. The number of ether oxygens (including phenoxy) is 2. The lowest BCUT2D eigenvalue weighted by atomic mass is 10.1. The lowest BCUT2D eigenvalue weighted by Crippen LogP contribution is -2.33. The van der Waals surface area contributed by atoms with Crippen LogP contribution in [-0.2, 0) is 4.79 Å². The van der Waals surface area contributed by atoms with Gasteiger partial charge in [0.15, 0.2) is 11.5 Å². The van der Waals surface area contributed by atoms with E-state index in [1.165, 1.54) is 10.7 Å². The van der Waals surface area contributed by atoms with Crippen molar-refractivity contribution in [3.63, 3.8) is 0 Å². The molecule has 7 heteroatoms. The predicted molar refractivity (Wildman–Crippen MR) is 99.8 cm³/mol. The number of hydrogen-bond acceptors (Lipinski definition) is 5. The maximum atomic E-state index is 12.6. The molecule has 136 valence electrons. The zero-order valence-electron chi connectivity index (χ0n) is 14.6. The molecule has 0 saturated carbocycles. The van der Waals surface area contributed by atoms with Crippen molar-refractivity contribution in [3.8, 4) is 22.8 Å². The molecule has 2 heterocycles. The molecule has 1 aromatic heterocycles. The molecule has 3 aromatic rings. The molecule has 2 aromatic carbocycles. The number of fused-ring (bicyclic) bond motifs is 1. The predicted octanol–water partition coefficient (Wildman–Crippen LogP) is 2.84. The Bertz CT molecular complexity index is 1050. The number of rotatable bonds is 4. The number of amides is 1. The number of carbonyl (C=O) groups excluding carboxylic acids is 1. The Labute approximate surface area is 155 Å². The van der Waals surface area contributed by atoms with Crippen LogP contribution in [0.3, 0.4) is 0 Å². The summed E-state index contributed by atoms with van der Waals surface area (Å²) in [6.07, 6.45) is 0. The minimum Gasteiger partial charge on any atom is -0.454 e. The molecule has 1 amide bonds. The molecule has 0 fully saturated rings. The number of nitrogens with one attached hydrogen (secondary N) is 1. The third kappa shape index (κ3) is 3.39. The third-order valence-corrected chi connectivity index (χ3v) is 4.28. The number of hydrogen-bond donors (Lipinski definition) is 1. The third-order valence-electron chi connectivity index (χ3n) is 4.28. The Kier molecular flexibility index (Phi) is 4.33. The topological polar surface area (TPSA) is 82.4 Å². The summed E-state index contributed by atoms with van der Waals surface area (Å²) < 4.78 is 11.7. The van der Waals surface area contributed by atoms with Crippen LogP contribution in [0, 0.1) is 0 Å². The van der Waals surface area contributed by atoms with Gasteiger partial charge in [0, 0.05) is 23.4 Å². The lowest BCUT2D eigenvalue weighted by Gasteiger charge is -2.15. The fraction of sp³-hybridized carbons (Fsp3) is 0.150. The van der Waals surface area contributed by atoms with Crippen molar-refractivity contribution >= 4 is 11.6 Å². The van der Waals surface area contributed by atoms with Crippen LogP contribution in [0.25, 0.3) is 11.3 Å². The van der Waals surface area contributed by atoms with Crippen molar-refractivity contribution in [2.75, 3.05) is 12.1 Å². The average molecular weight is 363 g/mol. The van der Waals surface area contributed by atoms with Crippen molar-refractivity contribution in [2.24, 2.45) is 0 Å². The van der Waals surface area contributed by atoms with Gasteiger partial charge in [0.2, 0.25) is 12.7 Å². The molecule has 0 bridgehead atoms. The van der Waals surface area contributed by atoms with Gasteiger partial charge in [0.1, 0.15) is 6.04 Å². The fourth-order valence-corrected chi connectivity index (χ4v) is 2.80. The Morgan fingerprint density at radius 2 is 1.85 bits per heavy atom. The molecule has 0 saturated heterocycles. The van der Waals surface area contributed by atoms with Gasteiger partial charge in [-0.05, 0) is 25.1 Å². The van der Waals surface area contributed by atoms with Crippen LogP contribution in [0.4, 0.5) is 5.69 Å². The van der Waals surface area contributed by atoms with Crippen LogP contribution in [0.1, 0.15) is 13.0 Å². The highest BCUT2D eigenvalue weighted by Crippen LogP contribution is 2.34. The zero-order valence-corrected chi connectivity index (χ0v) is 14.6. The second-order valence-corrected chi connectivity index (χ2v) is 6.10. The largest absolute Gasteiger partial charge is 0.454 e. The van der Waals surface area contributed by atoms with Gasteiger partial charge < -0.3 is 14.8 Å². The summed E-state index contributed by atoms with van der Waals surface area (Å²) in [5, 5.41) is 7.14. The molecule has 1 unspecified atom stereocenters. The summed E-state index contributed by atoms with van der Waals surface area (Å²) in [6.45, 7) is 1.79. The Hall–Kier alpha value is -3.61. The zero-order chi connectivity index (χ0) is 18.8. The summed E-state index contributed by atoms with van der Waals surface area (Å²) in [7, 11) is 0. The van der Waals surface area contributed by atoms with Crippen LogP contribution in [-0.4, -0.2) is 22.5 Å². The van der Waals surface area contributed by atoms with Crippen molar-refractivity contribution in [2.45, 2.75) is 13.0 Å². The number of anilines is 1. The van der Waals surface area contributed by atoms with E-state index in [2.05, 4.69) is 10.4 Å². The normalized spacial score (nSPS) is 13.2.